The Morgan fingerprint density at radius 1 is 1.40 bits per heavy atom. The summed E-state index contributed by atoms with van der Waals surface area (Å²) >= 11 is 0. The van der Waals surface area contributed by atoms with Gasteiger partial charge in [0.2, 0.25) is 0 Å². The number of aromatic carboxylic acids is 1. The lowest BCUT2D eigenvalue weighted by atomic mass is 9.87. The molecule has 1 aliphatic rings. The number of hydrogen-bond acceptors (Lipinski definition) is 2. The lowest BCUT2D eigenvalue weighted by Crippen LogP contribution is -2.18. The highest BCUT2D eigenvalue weighted by Crippen LogP contribution is 2.35. The Labute approximate surface area is 118 Å². The largest absolute Gasteiger partial charge is 0.478 e. The number of fused-ring (bicyclic) bond motifs is 1. The minimum atomic E-state index is -0.905. The highest BCUT2D eigenvalue weighted by molar-refractivity contribution is 6.01. The first-order valence-electron chi connectivity index (χ1n) is 7.28. The van der Waals surface area contributed by atoms with Crippen molar-refractivity contribution in [2.75, 3.05) is 0 Å². The molecule has 106 valence electrons. The number of aryl methyl sites for hydroxylation is 1. The van der Waals surface area contributed by atoms with Gasteiger partial charge in [-0.3, -0.25) is 0 Å². The van der Waals surface area contributed by atoms with Crippen LogP contribution < -0.4 is 0 Å². The molecule has 4 heteroatoms. The summed E-state index contributed by atoms with van der Waals surface area (Å²) in [5.74, 6) is 0.748. The number of carboxylic acids is 1. The minimum Gasteiger partial charge on any atom is -0.478 e. The molecule has 1 aromatic carbocycles. The second kappa shape index (κ2) is 4.93. The van der Waals surface area contributed by atoms with E-state index in [0.717, 1.165) is 30.1 Å². The summed E-state index contributed by atoms with van der Waals surface area (Å²) in [7, 11) is 0. The van der Waals surface area contributed by atoms with E-state index in [4.69, 9.17) is 0 Å². The maximum absolute atomic E-state index is 11.3. The average Bonchev–Trinajstić information content (AvgIpc) is 2.74. The molecule has 0 spiro atoms. The Balaban J connectivity index is 2.14. The van der Waals surface area contributed by atoms with Gasteiger partial charge in [0.1, 0.15) is 11.3 Å². The van der Waals surface area contributed by atoms with Crippen molar-refractivity contribution in [1.82, 2.24) is 9.55 Å². The van der Waals surface area contributed by atoms with Crippen LogP contribution >= 0.6 is 0 Å². The molecule has 0 saturated heterocycles. The van der Waals surface area contributed by atoms with Crippen LogP contribution in [0.5, 0.6) is 0 Å². The molecule has 1 aromatic heterocycles. The normalized spacial score (nSPS) is 23.1. The van der Waals surface area contributed by atoms with Gasteiger partial charge in [-0.05, 0) is 37.8 Å². The van der Waals surface area contributed by atoms with Crippen LogP contribution in [-0.2, 0) is 0 Å². The van der Waals surface area contributed by atoms with Gasteiger partial charge in [0.05, 0.1) is 11.1 Å². The summed E-state index contributed by atoms with van der Waals surface area (Å²) < 4.78 is 2.25. The molecule has 1 N–H and O–H groups in total. The number of carboxylic acid groups (broad SMARTS) is 1. The first kappa shape index (κ1) is 13.2. The lowest BCUT2D eigenvalue weighted by molar-refractivity contribution is 0.0699. The molecule has 0 radical (unpaired) electrons. The van der Waals surface area contributed by atoms with E-state index >= 15 is 0 Å². The zero-order chi connectivity index (χ0) is 14.3. The molecular formula is C16H20N2O2. The Kier molecular flexibility index (Phi) is 3.24. The number of rotatable bonds is 2. The number of nitrogens with zero attached hydrogens (tertiary/aromatic N) is 2. The molecule has 2 atom stereocenters. The third-order valence-electron chi connectivity index (χ3n) is 4.40. The number of carbonyl (C=O) groups is 1. The van der Waals surface area contributed by atoms with Crippen molar-refractivity contribution in [3.8, 4) is 0 Å². The molecule has 0 bridgehead atoms. The molecule has 20 heavy (non-hydrogen) atoms. The lowest BCUT2D eigenvalue weighted by Gasteiger charge is -2.29. The predicted octanol–water partition coefficient (Wildman–Crippen LogP) is 3.79. The maximum atomic E-state index is 11.3. The average molecular weight is 272 g/mol. The fourth-order valence-corrected chi connectivity index (χ4v) is 3.50. The Hall–Kier alpha value is -1.84. The predicted molar refractivity (Wildman–Crippen MR) is 78.1 cm³/mol. The first-order chi connectivity index (χ1) is 9.58. The Morgan fingerprint density at radius 2 is 2.20 bits per heavy atom. The summed E-state index contributed by atoms with van der Waals surface area (Å²) in [6.45, 7) is 4.27. The molecule has 1 heterocycles. The van der Waals surface area contributed by atoms with Crippen molar-refractivity contribution in [2.24, 2.45) is 5.92 Å². The second-order valence-corrected chi connectivity index (χ2v) is 5.93. The third kappa shape index (κ3) is 2.09. The van der Waals surface area contributed by atoms with Crippen molar-refractivity contribution in [3.05, 3.63) is 29.6 Å². The highest BCUT2D eigenvalue weighted by atomic mass is 16.4. The smallest absolute Gasteiger partial charge is 0.337 e. The van der Waals surface area contributed by atoms with E-state index in [1.165, 1.54) is 12.8 Å². The second-order valence-electron chi connectivity index (χ2n) is 5.93. The molecule has 2 unspecified atom stereocenters. The van der Waals surface area contributed by atoms with Gasteiger partial charge in [0, 0.05) is 6.04 Å². The summed E-state index contributed by atoms with van der Waals surface area (Å²) in [6.07, 6.45) is 4.85. The van der Waals surface area contributed by atoms with E-state index < -0.39 is 5.97 Å². The van der Waals surface area contributed by atoms with E-state index in [1.807, 2.05) is 19.1 Å². The van der Waals surface area contributed by atoms with Gasteiger partial charge in [-0.25, -0.2) is 9.78 Å². The summed E-state index contributed by atoms with van der Waals surface area (Å²) in [6, 6.07) is 5.88. The molecule has 1 aliphatic carbocycles. The zero-order valence-electron chi connectivity index (χ0n) is 12.0. The van der Waals surface area contributed by atoms with E-state index in [1.54, 1.807) is 6.07 Å². The van der Waals surface area contributed by atoms with Crippen molar-refractivity contribution in [1.29, 1.82) is 0 Å². The van der Waals surface area contributed by atoms with Crippen LogP contribution in [0.15, 0.2) is 18.2 Å². The van der Waals surface area contributed by atoms with Gasteiger partial charge in [-0.15, -0.1) is 0 Å². The van der Waals surface area contributed by atoms with E-state index in [-0.39, 0.29) is 0 Å². The monoisotopic (exact) mass is 272 g/mol. The molecule has 2 aromatic rings. The van der Waals surface area contributed by atoms with Crippen LogP contribution in [0, 0.1) is 12.8 Å². The van der Waals surface area contributed by atoms with E-state index in [0.29, 0.717) is 17.1 Å². The third-order valence-corrected chi connectivity index (χ3v) is 4.40. The summed E-state index contributed by atoms with van der Waals surface area (Å²) in [5, 5.41) is 9.29. The fraction of sp³-hybridized carbons (Fsp3) is 0.500. The van der Waals surface area contributed by atoms with Crippen molar-refractivity contribution < 1.29 is 9.90 Å². The SMILES string of the molecule is Cc1nc2c(C(=O)O)cccc2n1C1CCCC(C)C1. The van der Waals surface area contributed by atoms with Crippen molar-refractivity contribution in [2.45, 2.75) is 45.6 Å². The molecule has 3 rings (SSSR count). The maximum Gasteiger partial charge on any atom is 0.337 e. The van der Waals surface area contributed by atoms with Crippen LogP contribution in [0.2, 0.25) is 0 Å². The van der Waals surface area contributed by atoms with Crippen LogP contribution in [0.4, 0.5) is 0 Å². The van der Waals surface area contributed by atoms with E-state index in [9.17, 15) is 9.90 Å². The van der Waals surface area contributed by atoms with Gasteiger partial charge < -0.3 is 9.67 Å². The molecular weight excluding hydrogens is 252 g/mol. The van der Waals surface area contributed by atoms with Gasteiger partial charge in [0.25, 0.3) is 0 Å². The number of aromatic nitrogens is 2. The quantitative estimate of drug-likeness (QED) is 0.904. The van der Waals surface area contributed by atoms with Crippen molar-refractivity contribution in [3.63, 3.8) is 0 Å². The summed E-state index contributed by atoms with van der Waals surface area (Å²) in [5.41, 5.74) is 1.88. The van der Waals surface area contributed by atoms with Gasteiger partial charge in [-0.2, -0.15) is 0 Å². The van der Waals surface area contributed by atoms with Crippen LogP contribution in [0.1, 0.15) is 54.8 Å². The highest BCUT2D eigenvalue weighted by Gasteiger charge is 2.24. The zero-order valence-corrected chi connectivity index (χ0v) is 12.0. The molecule has 1 saturated carbocycles. The number of para-hydroxylation sites is 1. The first-order valence-corrected chi connectivity index (χ1v) is 7.28. The van der Waals surface area contributed by atoms with Gasteiger partial charge in [-0.1, -0.05) is 25.8 Å². The van der Waals surface area contributed by atoms with E-state index in [2.05, 4.69) is 16.5 Å². The van der Waals surface area contributed by atoms with Crippen LogP contribution in [0.25, 0.3) is 11.0 Å². The number of imidazole rings is 1. The standard InChI is InChI=1S/C16H20N2O2/c1-10-5-3-6-12(9-10)18-11(2)17-15-13(16(19)20)7-4-8-14(15)18/h4,7-8,10,12H,3,5-6,9H2,1-2H3,(H,19,20). The molecule has 0 aliphatic heterocycles. The van der Waals surface area contributed by atoms with Crippen LogP contribution in [0.3, 0.4) is 0 Å². The van der Waals surface area contributed by atoms with Crippen molar-refractivity contribution >= 4 is 17.0 Å². The number of hydrogen-bond donors (Lipinski definition) is 1. The molecule has 1 fully saturated rings. The fourth-order valence-electron chi connectivity index (χ4n) is 3.50. The topological polar surface area (TPSA) is 55.1 Å². The Morgan fingerprint density at radius 3 is 2.90 bits per heavy atom. The van der Waals surface area contributed by atoms with Gasteiger partial charge in [0.15, 0.2) is 0 Å². The number of benzene rings is 1. The summed E-state index contributed by atoms with van der Waals surface area (Å²) in [4.78, 5) is 15.8. The molecule has 0 amide bonds. The van der Waals surface area contributed by atoms with Gasteiger partial charge >= 0.3 is 5.97 Å². The minimum absolute atomic E-state index is 0.299. The molecule has 4 nitrogen and oxygen atoms in total. The van der Waals surface area contributed by atoms with Crippen LogP contribution in [-0.4, -0.2) is 20.6 Å². The Bertz CT molecular complexity index is 660.